The Balaban J connectivity index is 1.85. The summed E-state index contributed by atoms with van der Waals surface area (Å²) in [5, 5.41) is 5.87. The average molecular weight is 377 g/mol. The first-order valence-corrected chi connectivity index (χ1v) is 9.11. The van der Waals surface area contributed by atoms with E-state index in [2.05, 4.69) is 32.7 Å². The molecule has 5 heteroatoms. The second-order valence-corrected chi connectivity index (χ2v) is 7.07. The molecule has 23 heavy (non-hydrogen) atoms. The SMILES string of the molecule is COC=C1CCCc2cc3c(cc21)c(Br)nn3C1CCCCO1. The fourth-order valence-corrected chi connectivity index (χ4v) is 4.19. The molecule has 1 atom stereocenters. The minimum Gasteiger partial charge on any atom is -0.504 e. The number of benzene rings is 1. The Morgan fingerprint density at radius 2 is 2.22 bits per heavy atom. The number of fused-ring (bicyclic) bond motifs is 2. The quantitative estimate of drug-likeness (QED) is 0.704. The summed E-state index contributed by atoms with van der Waals surface area (Å²) in [6.07, 6.45) is 8.69. The van der Waals surface area contributed by atoms with Gasteiger partial charge in [-0.3, -0.25) is 0 Å². The molecular weight excluding hydrogens is 356 g/mol. The van der Waals surface area contributed by atoms with Crippen LogP contribution in [-0.2, 0) is 15.9 Å². The van der Waals surface area contributed by atoms with E-state index < -0.39 is 0 Å². The molecule has 122 valence electrons. The lowest BCUT2D eigenvalue weighted by molar-refractivity contribution is -0.0368. The number of hydrogen-bond acceptors (Lipinski definition) is 3. The zero-order valence-corrected chi connectivity index (χ0v) is 14.9. The van der Waals surface area contributed by atoms with Gasteiger partial charge in [0.15, 0.2) is 6.23 Å². The molecule has 1 aliphatic carbocycles. The van der Waals surface area contributed by atoms with Gasteiger partial charge >= 0.3 is 0 Å². The van der Waals surface area contributed by atoms with E-state index in [9.17, 15) is 0 Å². The number of aromatic nitrogens is 2. The largest absolute Gasteiger partial charge is 0.504 e. The van der Waals surface area contributed by atoms with Crippen LogP contribution in [0.1, 0.15) is 49.5 Å². The first kappa shape index (κ1) is 15.2. The van der Waals surface area contributed by atoms with Crippen molar-refractivity contribution in [1.82, 2.24) is 9.78 Å². The summed E-state index contributed by atoms with van der Waals surface area (Å²) in [4.78, 5) is 0. The third-order valence-electron chi connectivity index (χ3n) is 4.81. The Morgan fingerprint density at radius 3 is 3.00 bits per heavy atom. The molecule has 1 aromatic carbocycles. The van der Waals surface area contributed by atoms with Crippen molar-refractivity contribution in [1.29, 1.82) is 0 Å². The highest BCUT2D eigenvalue weighted by Gasteiger charge is 2.23. The minimum atomic E-state index is 0.0631. The molecule has 1 unspecified atom stereocenters. The van der Waals surface area contributed by atoms with Gasteiger partial charge in [-0.1, -0.05) is 0 Å². The number of allylic oxidation sites excluding steroid dienone is 1. The fourth-order valence-electron chi connectivity index (χ4n) is 3.70. The molecule has 1 saturated heterocycles. The average Bonchev–Trinajstić information content (AvgIpc) is 2.91. The Bertz CT molecular complexity index is 760. The fraction of sp³-hybridized carbons (Fsp3) is 0.500. The number of ether oxygens (including phenoxy) is 2. The van der Waals surface area contributed by atoms with Crippen molar-refractivity contribution >= 4 is 32.4 Å². The van der Waals surface area contributed by atoms with Gasteiger partial charge in [-0.05, 0) is 83.3 Å². The molecule has 0 bridgehead atoms. The molecule has 0 N–H and O–H groups in total. The van der Waals surface area contributed by atoms with Gasteiger partial charge in [-0.25, -0.2) is 4.68 Å². The maximum Gasteiger partial charge on any atom is 0.150 e. The van der Waals surface area contributed by atoms with Crippen LogP contribution >= 0.6 is 15.9 Å². The van der Waals surface area contributed by atoms with Crippen molar-refractivity contribution in [2.24, 2.45) is 0 Å². The number of nitrogens with zero attached hydrogens (tertiary/aromatic N) is 2. The molecule has 1 fully saturated rings. The maximum atomic E-state index is 5.94. The van der Waals surface area contributed by atoms with Gasteiger partial charge in [0.25, 0.3) is 0 Å². The predicted octanol–water partition coefficient (Wildman–Crippen LogP) is 4.82. The first-order chi connectivity index (χ1) is 11.3. The zero-order valence-electron chi connectivity index (χ0n) is 13.3. The van der Waals surface area contributed by atoms with Crippen LogP contribution in [0.3, 0.4) is 0 Å². The number of aryl methyl sites for hydroxylation is 1. The van der Waals surface area contributed by atoms with E-state index in [1.165, 1.54) is 35.1 Å². The molecule has 0 saturated carbocycles. The van der Waals surface area contributed by atoms with Gasteiger partial charge in [0, 0.05) is 12.0 Å². The van der Waals surface area contributed by atoms with Crippen LogP contribution in [0, 0.1) is 0 Å². The van der Waals surface area contributed by atoms with Crippen molar-refractivity contribution in [2.45, 2.75) is 44.8 Å². The lowest BCUT2D eigenvalue weighted by Crippen LogP contribution is -2.19. The molecule has 1 aliphatic heterocycles. The van der Waals surface area contributed by atoms with Crippen molar-refractivity contribution in [3.8, 4) is 0 Å². The van der Waals surface area contributed by atoms with Gasteiger partial charge in [0.1, 0.15) is 4.60 Å². The lowest BCUT2D eigenvalue weighted by Gasteiger charge is -2.24. The molecule has 1 aromatic heterocycles. The monoisotopic (exact) mass is 376 g/mol. The second kappa shape index (κ2) is 6.29. The third-order valence-corrected chi connectivity index (χ3v) is 5.40. The van der Waals surface area contributed by atoms with E-state index in [0.29, 0.717) is 0 Å². The predicted molar refractivity (Wildman–Crippen MR) is 94.2 cm³/mol. The van der Waals surface area contributed by atoms with E-state index in [-0.39, 0.29) is 6.23 Å². The summed E-state index contributed by atoms with van der Waals surface area (Å²) < 4.78 is 14.2. The van der Waals surface area contributed by atoms with Gasteiger partial charge in [-0.15, -0.1) is 0 Å². The summed E-state index contributed by atoms with van der Waals surface area (Å²) in [7, 11) is 1.72. The highest BCUT2D eigenvalue weighted by molar-refractivity contribution is 9.10. The van der Waals surface area contributed by atoms with E-state index >= 15 is 0 Å². The molecule has 2 heterocycles. The molecule has 0 spiro atoms. The summed E-state index contributed by atoms with van der Waals surface area (Å²) in [5.74, 6) is 0. The molecule has 4 nitrogen and oxygen atoms in total. The molecule has 2 aliphatic rings. The van der Waals surface area contributed by atoms with E-state index in [0.717, 1.165) is 42.3 Å². The number of hydrogen-bond donors (Lipinski definition) is 0. The summed E-state index contributed by atoms with van der Waals surface area (Å²) in [5.41, 5.74) is 5.14. The summed E-state index contributed by atoms with van der Waals surface area (Å²) in [6, 6.07) is 4.55. The zero-order chi connectivity index (χ0) is 15.8. The Kier molecular flexibility index (Phi) is 4.16. The second-order valence-electron chi connectivity index (χ2n) is 6.32. The topological polar surface area (TPSA) is 36.3 Å². The van der Waals surface area contributed by atoms with Gasteiger partial charge in [0.2, 0.25) is 0 Å². The number of rotatable bonds is 2. The van der Waals surface area contributed by atoms with Crippen molar-refractivity contribution in [3.05, 3.63) is 34.1 Å². The lowest BCUT2D eigenvalue weighted by atomic mass is 9.87. The minimum absolute atomic E-state index is 0.0631. The Morgan fingerprint density at radius 1 is 1.30 bits per heavy atom. The van der Waals surface area contributed by atoms with Gasteiger partial charge in [-0.2, -0.15) is 5.10 Å². The Hall–Kier alpha value is -1.33. The Labute approximate surface area is 144 Å². The smallest absolute Gasteiger partial charge is 0.150 e. The van der Waals surface area contributed by atoms with Crippen LogP contribution in [0.15, 0.2) is 23.0 Å². The number of halogens is 1. The number of methoxy groups -OCH3 is 1. The third kappa shape index (κ3) is 2.70. The van der Waals surface area contributed by atoms with Crippen LogP contribution in [-0.4, -0.2) is 23.5 Å². The first-order valence-electron chi connectivity index (χ1n) is 8.32. The van der Waals surface area contributed by atoms with Crippen molar-refractivity contribution < 1.29 is 9.47 Å². The highest BCUT2D eigenvalue weighted by Crippen LogP contribution is 2.37. The normalized spacial score (nSPS) is 23.2. The summed E-state index contributed by atoms with van der Waals surface area (Å²) in [6.45, 7) is 0.829. The standard InChI is InChI=1S/C18H21BrN2O2/c1-22-11-13-6-4-5-12-9-16-15(10-14(12)13)18(19)20-21(16)17-7-2-3-8-23-17/h9-11,17H,2-8H2,1H3. The molecule has 2 aromatic rings. The van der Waals surface area contributed by atoms with Crippen LogP contribution in [0.4, 0.5) is 0 Å². The van der Waals surface area contributed by atoms with Crippen molar-refractivity contribution in [2.75, 3.05) is 13.7 Å². The van der Waals surface area contributed by atoms with E-state index in [4.69, 9.17) is 14.6 Å². The van der Waals surface area contributed by atoms with Crippen LogP contribution < -0.4 is 0 Å². The van der Waals surface area contributed by atoms with E-state index in [1.54, 1.807) is 7.11 Å². The molecular formula is C18H21BrN2O2. The maximum absolute atomic E-state index is 5.94. The van der Waals surface area contributed by atoms with Crippen molar-refractivity contribution in [3.63, 3.8) is 0 Å². The van der Waals surface area contributed by atoms with Crippen LogP contribution in [0.5, 0.6) is 0 Å². The van der Waals surface area contributed by atoms with Gasteiger partial charge < -0.3 is 9.47 Å². The molecule has 0 radical (unpaired) electrons. The van der Waals surface area contributed by atoms with Crippen LogP contribution in [0.25, 0.3) is 16.5 Å². The summed E-state index contributed by atoms with van der Waals surface area (Å²) >= 11 is 3.63. The highest BCUT2D eigenvalue weighted by atomic mass is 79.9. The molecule has 0 amide bonds. The van der Waals surface area contributed by atoms with Gasteiger partial charge in [0.05, 0.1) is 18.9 Å². The van der Waals surface area contributed by atoms with E-state index in [1.807, 2.05) is 6.26 Å². The van der Waals surface area contributed by atoms with Crippen LogP contribution in [0.2, 0.25) is 0 Å². The molecule has 4 rings (SSSR count).